The molecule has 1 aliphatic heterocycles. The quantitative estimate of drug-likeness (QED) is 0.799. The molecule has 1 fully saturated rings. The van der Waals surface area contributed by atoms with Gasteiger partial charge in [-0.25, -0.2) is 0 Å². The van der Waals surface area contributed by atoms with Crippen LogP contribution in [0.3, 0.4) is 0 Å². The van der Waals surface area contributed by atoms with Crippen molar-refractivity contribution >= 4 is 0 Å². The Hall–Kier alpha value is -0.890. The molecular weight excluding hydrogens is 208 g/mol. The minimum atomic E-state index is 0.682. The fourth-order valence-corrected chi connectivity index (χ4v) is 1.86. The Bertz CT molecular complexity index is 261. The van der Waals surface area contributed by atoms with Crippen molar-refractivity contribution in [2.24, 2.45) is 0 Å². The second-order valence-corrected chi connectivity index (χ2v) is 3.78. The van der Waals surface area contributed by atoms with E-state index < -0.39 is 0 Å². The fourth-order valence-electron chi connectivity index (χ4n) is 1.86. The van der Waals surface area contributed by atoms with Crippen molar-refractivity contribution in [3.8, 4) is 0 Å². The molecule has 0 bridgehead atoms. The molecule has 2 rings (SSSR count). The first-order valence-corrected chi connectivity index (χ1v) is 6.99. The van der Waals surface area contributed by atoms with Gasteiger partial charge in [-0.05, 0) is 43.9 Å². The Kier molecular flexibility index (Phi) is 9.74. The molecule has 1 saturated heterocycles. The third kappa shape index (κ3) is 5.83. The van der Waals surface area contributed by atoms with Gasteiger partial charge in [-0.1, -0.05) is 33.8 Å². The molecule has 2 nitrogen and oxygen atoms in total. The topological polar surface area (TPSA) is 24.9 Å². The van der Waals surface area contributed by atoms with E-state index in [1.165, 1.54) is 24.9 Å². The molecular formula is C15H28N2. The number of nitrogens with one attached hydrogen (secondary N) is 1. The summed E-state index contributed by atoms with van der Waals surface area (Å²) in [6.07, 6.45) is 4.61. The first-order chi connectivity index (χ1) is 8.36. The average molecular weight is 236 g/mol. The van der Waals surface area contributed by atoms with E-state index in [-0.39, 0.29) is 0 Å². The first-order valence-electron chi connectivity index (χ1n) is 6.99. The number of rotatable bonds is 1. The van der Waals surface area contributed by atoms with Gasteiger partial charge in [-0.2, -0.15) is 0 Å². The summed E-state index contributed by atoms with van der Waals surface area (Å²) in [5, 5.41) is 3.42. The van der Waals surface area contributed by atoms with Gasteiger partial charge in [0.1, 0.15) is 0 Å². The summed E-state index contributed by atoms with van der Waals surface area (Å²) in [7, 11) is 0. The smallest absolute Gasteiger partial charge is 0.0372 e. The predicted molar refractivity (Wildman–Crippen MR) is 76.5 cm³/mol. The maximum absolute atomic E-state index is 4.33. The number of pyridine rings is 1. The van der Waals surface area contributed by atoms with Gasteiger partial charge in [-0.15, -0.1) is 0 Å². The van der Waals surface area contributed by atoms with Crippen molar-refractivity contribution in [3.05, 3.63) is 29.6 Å². The Balaban J connectivity index is 0.000000581. The van der Waals surface area contributed by atoms with Gasteiger partial charge in [0.2, 0.25) is 0 Å². The van der Waals surface area contributed by atoms with E-state index >= 15 is 0 Å². The van der Waals surface area contributed by atoms with Crippen molar-refractivity contribution in [2.45, 2.75) is 53.4 Å². The Labute approximate surface area is 107 Å². The molecule has 1 unspecified atom stereocenters. The van der Waals surface area contributed by atoms with Crippen LogP contribution in [0.25, 0.3) is 0 Å². The number of aromatic nitrogens is 1. The summed E-state index contributed by atoms with van der Waals surface area (Å²) in [6.45, 7) is 12.3. The predicted octanol–water partition coefficient (Wildman–Crippen LogP) is 3.91. The monoisotopic (exact) mass is 236 g/mol. The van der Waals surface area contributed by atoms with Crippen LogP contribution in [0.5, 0.6) is 0 Å². The third-order valence-electron chi connectivity index (χ3n) is 2.70. The lowest BCUT2D eigenvalue weighted by molar-refractivity contribution is 0.461. The van der Waals surface area contributed by atoms with Crippen molar-refractivity contribution in [1.29, 1.82) is 0 Å². The molecule has 0 saturated carbocycles. The Morgan fingerprint density at radius 1 is 1.18 bits per heavy atom. The SMILES string of the molecule is CC.CC.Cc1ccc(C2CCCNC2)cn1. The van der Waals surface area contributed by atoms with E-state index in [1.54, 1.807) is 0 Å². The molecule has 1 aromatic heterocycles. The summed E-state index contributed by atoms with van der Waals surface area (Å²) < 4.78 is 0. The lowest BCUT2D eigenvalue weighted by Crippen LogP contribution is -2.28. The van der Waals surface area contributed by atoms with Gasteiger partial charge in [0.15, 0.2) is 0 Å². The minimum absolute atomic E-state index is 0.682. The summed E-state index contributed by atoms with van der Waals surface area (Å²) in [5.74, 6) is 0.682. The molecule has 2 heteroatoms. The van der Waals surface area contributed by atoms with Crippen molar-refractivity contribution in [2.75, 3.05) is 13.1 Å². The molecule has 1 aliphatic rings. The number of piperidine rings is 1. The van der Waals surface area contributed by atoms with Crippen LogP contribution in [-0.4, -0.2) is 18.1 Å². The van der Waals surface area contributed by atoms with Crippen LogP contribution in [0, 0.1) is 6.92 Å². The maximum Gasteiger partial charge on any atom is 0.0372 e. The van der Waals surface area contributed by atoms with E-state index in [9.17, 15) is 0 Å². The van der Waals surface area contributed by atoms with Gasteiger partial charge in [-0.3, -0.25) is 4.98 Å². The molecule has 17 heavy (non-hydrogen) atoms. The van der Waals surface area contributed by atoms with Crippen LogP contribution < -0.4 is 5.32 Å². The zero-order valence-electron chi connectivity index (χ0n) is 12.1. The van der Waals surface area contributed by atoms with E-state index in [0.29, 0.717) is 5.92 Å². The first kappa shape index (κ1) is 16.1. The lowest BCUT2D eigenvalue weighted by atomic mass is 9.93. The van der Waals surface area contributed by atoms with E-state index in [2.05, 4.69) is 22.4 Å². The molecule has 0 aliphatic carbocycles. The second kappa shape index (κ2) is 10.3. The van der Waals surface area contributed by atoms with Crippen LogP contribution in [0.1, 0.15) is 57.7 Å². The maximum atomic E-state index is 4.33. The van der Waals surface area contributed by atoms with Crippen LogP contribution >= 0.6 is 0 Å². The van der Waals surface area contributed by atoms with E-state index in [0.717, 1.165) is 12.2 Å². The second-order valence-electron chi connectivity index (χ2n) is 3.78. The van der Waals surface area contributed by atoms with Gasteiger partial charge in [0.05, 0.1) is 0 Å². The van der Waals surface area contributed by atoms with E-state index in [4.69, 9.17) is 0 Å². The third-order valence-corrected chi connectivity index (χ3v) is 2.70. The van der Waals surface area contributed by atoms with Crippen molar-refractivity contribution in [3.63, 3.8) is 0 Å². The molecule has 98 valence electrons. The fraction of sp³-hybridized carbons (Fsp3) is 0.667. The minimum Gasteiger partial charge on any atom is -0.316 e. The molecule has 2 heterocycles. The molecule has 1 aromatic rings. The normalized spacial score (nSPS) is 18.3. The summed E-state index contributed by atoms with van der Waals surface area (Å²) in [4.78, 5) is 4.33. The standard InChI is InChI=1S/C11H16N2.2C2H6/c1-9-4-5-11(8-13-9)10-3-2-6-12-7-10;2*1-2/h4-5,8,10,12H,2-3,6-7H2,1H3;2*1-2H3. The van der Waals surface area contributed by atoms with Crippen LogP contribution in [-0.2, 0) is 0 Å². The van der Waals surface area contributed by atoms with Gasteiger partial charge in [0.25, 0.3) is 0 Å². The number of aryl methyl sites for hydroxylation is 1. The van der Waals surface area contributed by atoms with Crippen molar-refractivity contribution < 1.29 is 0 Å². The van der Waals surface area contributed by atoms with Crippen LogP contribution in [0.2, 0.25) is 0 Å². The Morgan fingerprint density at radius 2 is 1.88 bits per heavy atom. The highest BCUT2D eigenvalue weighted by atomic mass is 14.9. The number of hydrogen-bond donors (Lipinski definition) is 1. The zero-order chi connectivity index (χ0) is 13.1. The van der Waals surface area contributed by atoms with Gasteiger partial charge >= 0.3 is 0 Å². The molecule has 1 atom stereocenters. The van der Waals surface area contributed by atoms with Crippen LogP contribution in [0.4, 0.5) is 0 Å². The molecule has 0 radical (unpaired) electrons. The lowest BCUT2D eigenvalue weighted by Gasteiger charge is -2.22. The van der Waals surface area contributed by atoms with E-state index in [1.807, 2.05) is 40.8 Å². The summed E-state index contributed by atoms with van der Waals surface area (Å²) in [6, 6.07) is 4.31. The van der Waals surface area contributed by atoms with Crippen LogP contribution in [0.15, 0.2) is 18.3 Å². The van der Waals surface area contributed by atoms with Crippen molar-refractivity contribution in [1.82, 2.24) is 10.3 Å². The highest BCUT2D eigenvalue weighted by molar-refractivity contribution is 5.18. The largest absolute Gasteiger partial charge is 0.316 e. The average Bonchev–Trinajstić information content (AvgIpc) is 2.45. The summed E-state index contributed by atoms with van der Waals surface area (Å²) in [5.41, 5.74) is 2.49. The zero-order valence-corrected chi connectivity index (χ0v) is 12.1. The highest BCUT2D eigenvalue weighted by Crippen LogP contribution is 2.22. The molecule has 1 N–H and O–H groups in total. The molecule has 0 spiro atoms. The molecule has 0 aromatic carbocycles. The van der Waals surface area contributed by atoms with Gasteiger partial charge < -0.3 is 5.32 Å². The summed E-state index contributed by atoms with van der Waals surface area (Å²) >= 11 is 0. The molecule has 0 amide bonds. The number of nitrogens with zero attached hydrogens (tertiary/aromatic N) is 1. The highest BCUT2D eigenvalue weighted by Gasteiger charge is 2.14. The Morgan fingerprint density at radius 3 is 2.35 bits per heavy atom. The van der Waals surface area contributed by atoms with Gasteiger partial charge in [0, 0.05) is 18.4 Å². The number of hydrogen-bond acceptors (Lipinski definition) is 2.